The van der Waals surface area contributed by atoms with Crippen molar-refractivity contribution in [2.45, 2.75) is 107 Å². The average Bonchev–Trinajstić information content (AvgIpc) is 3.38. The Hall–Kier alpha value is -3.11. The van der Waals surface area contributed by atoms with Gasteiger partial charge in [-0.15, -0.1) is 0 Å². The largest absolute Gasteiger partial charge is 1.00 e. The second-order valence-corrected chi connectivity index (χ2v) is 17.2. The first kappa shape index (κ1) is 44.3. The van der Waals surface area contributed by atoms with Gasteiger partial charge >= 0.3 is 41.5 Å². The van der Waals surface area contributed by atoms with Crippen LogP contribution < -0.4 is 34.5 Å². The van der Waals surface area contributed by atoms with Crippen molar-refractivity contribution in [1.82, 2.24) is 0 Å². The molecule has 0 unspecified atom stereocenters. The minimum absolute atomic E-state index is 0. The molecule has 2 N–H and O–H groups in total. The SMILES string of the molecule is CC(/C=C/C1=[N+](CCCCCC(=O)O)c2ccc(S(=O)(=O)[O-])cc2C1(C)C)=C\C=C1\N(CCCCCC(=O)O)c2ccc(S(=O)(=O)[O-])cc2C1(C)C.[Na+]. The molecule has 0 fully saturated rings. The summed E-state index contributed by atoms with van der Waals surface area (Å²) in [6.45, 7) is 10.9. The number of nitrogens with zero attached hydrogens (tertiary/aromatic N) is 2. The van der Waals surface area contributed by atoms with E-state index >= 15 is 0 Å². The van der Waals surface area contributed by atoms with Gasteiger partial charge in [0.1, 0.15) is 26.8 Å². The monoisotopic (exact) mass is 778 g/mol. The zero-order valence-electron chi connectivity index (χ0n) is 31.2. The summed E-state index contributed by atoms with van der Waals surface area (Å²) in [6, 6.07) is 8.78. The molecule has 0 aliphatic carbocycles. The van der Waals surface area contributed by atoms with Crippen LogP contribution in [0.2, 0.25) is 0 Å². The molecule has 53 heavy (non-hydrogen) atoms. The number of unbranched alkanes of at least 4 members (excludes halogenated alkanes) is 4. The van der Waals surface area contributed by atoms with Gasteiger partial charge in [0.25, 0.3) is 0 Å². The van der Waals surface area contributed by atoms with Crippen LogP contribution in [0.25, 0.3) is 0 Å². The molecular formula is C38H47N2NaO10S2. The number of aliphatic carboxylic acids is 2. The van der Waals surface area contributed by atoms with Crippen molar-refractivity contribution in [3.8, 4) is 0 Å². The summed E-state index contributed by atoms with van der Waals surface area (Å²) in [5.41, 5.74) is 4.24. The summed E-state index contributed by atoms with van der Waals surface area (Å²) in [4.78, 5) is 23.5. The molecule has 2 aromatic rings. The van der Waals surface area contributed by atoms with Crippen molar-refractivity contribution < 1.29 is 79.9 Å². The van der Waals surface area contributed by atoms with E-state index < -0.39 is 43.0 Å². The fourth-order valence-electron chi connectivity index (χ4n) is 7.02. The third-order valence-corrected chi connectivity index (χ3v) is 11.5. The molecule has 0 radical (unpaired) electrons. The van der Waals surface area contributed by atoms with Crippen LogP contribution >= 0.6 is 0 Å². The summed E-state index contributed by atoms with van der Waals surface area (Å²) in [6.07, 6.45) is 11.8. The normalized spacial score (nSPS) is 17.3. The zero-order chi connectivity index (χ0) is 38.6. The molecule has 2 heterocycles. The second-order valence-electron chi connectivity index (χ2n) is 14.4. The first-order valence-electron chi connectivity index (χ1n) is 17.3. The van der Waals surface area contributed by atoms with Crippen molar-refractivity contribution in [1.29, 1.82) is 0 Å². The second kappa shape index (κ2) is 17.6. The Morgan fingerprint density at radius 3 is 1.91 bits per heavy atom. The van der Waals surface area contributed by atoms with Crippen LogP contribution in [0, 0.1) is 0 Å². The summed E-state index contributed by atoms with van der Waals surface area (Å²) < 4.78 is 73.5. The van der Waals surface area contributed by atoms with Crippen LogP contribution in [0.3, 0.4) is 0 Å². The van der Waals surface area contributed by atoms with Gasteiger partial charge in [0.15, 0.2) is 5.71 Å². The molecule has 0 amide bonds. The molecule has 0 atom stereocenters. The molecule has 0 saturated carbocycles. The smallest absolute Gasteiger partial charge is 0.744 e. The molecule has 15 heteroatoms. The zero-order valence-corrected chi connectivity index (χ0v) is 34.8. The number of carboxylic acids is 2. The summed E-state index contributed by atoms with van der Waals surface area (Å²) in [5, 5.41) is 18.1. The van der Waals surface area contributed by atoms with Crippen LogP contribution in [-0.2, 0) is 40.7 Å². The van der Waals surface area contributed by atoms with Gasteiger partial charge in [0.05, 0.1) is 15.2 Å². The number of rotatable bonds is 17. The number of carboxylic acid groups (broad SMARTS) is 2. The molecule has 0 saturated heterocycles. The van der Waals surface area contributed by atoms with E-state index in [9.17, 15) is 35.5 Å². The first-order chi connectivity index (χ1) is 24.2. The van der Waals surface area contributed by atoms with E-state index in [4.69, 9.17) is 10.2 Å². The quantitative estimate of drug-likeness (QED) is 0.0786. The average molecular weight is 779 g/mol. The molecular weight excluding hydrogens is 732 g/mol. The van der Waals surface area contributed by atoms with Gasteiger partial charge in [-0.2, -0.15) is 4.58 Å². The van der Waals surface area contributed by atoms with Crippen LogP contribution in [0.1, 0.15) is 97.1 Å². The van der Waals surface area contributed by atoms with Crippen LogP contribution in [0.15, 0.2) is 81.8 Å². The summed E-state index contributed by atoms with van der Waals surface area (Å²) >= 11 is 0. The number of carbonyl (C=O) groups is 2. The minimum atomic E-state index is -4.68. The topological polar surface area (TPSA) is 195 Å². The Morgan fingerprint density at radius 1 is 0.792 bits per heavy atom. The van der Waals surface area contributed by atoms with E-state index in [1.807, 2.05) is 58.9 Å². The third-order valence-electron chi connectivity index (χ3n) is 9.86. The third kappa shape index (κ3) is 10.6. The molecule has 12 nitrogen and oxygen atoms in total. The summed E-state index contributed by atoms with van der Waals surface area (Å²) in [5.74, 6) is -1.70. The van der Waals surface area contributed by atoms with Crippen molar-refractivity contribution in [3.05, 3.63) is 83.1 Å². The predicted molar refractivity (Wildman–Crippen MR) is 195 cm³/mol. The van der Waals surface area contributed by atoms with Gasteiger partial charge in [-0.3, -0.25) is 9.59 Å². The number of hydrogen-bond donors (Lipinski definition) is 2. The van der Waals surface area contributed by atoms with Crippen molar-refractivity contribution in [2.24, 2.45) is 0 Å². The number of benzene rings is 2. The first-order valence-corrected chi connectivity index (χ1v) is 20.1. The number of hydrogen-bond acceptors (Lipinski definition) is 9. The molecule has 4 rings (SSSR count). The van der Waals surface area contributed by atoms with E-state index in [1.54, 1.807) is 12.1 Å². The van der Waals surface area contributed by atoms with Gasteiger partial charge in [-0.05, 0) is 88.4 Å². The van der Waals surface area contributed by atoms with Gasteiger partial charge < -0.3 is 24.2 Å². The summed E-state index contributed by atoms with van der Waals surface area (Å²) in [7, 11) is -9.36. The minimum Gasteiger partial charge on any atom is -0.744 e. The number of fused-ring (bicyclic) bond motifs is 2. The van der Waals surface area contributed by atoms with Gasteiger partial charge in [0.2, 0.25) is 5.69 Å². The fourth-order valence-corrected chi connectivity index (χ4v) is 8.02. The Bertz CT molecular complexity index is 2080. The fraction of sp³-hybridized carbons (Fsp3) is 0.447. The number of anilines is 1. The van der Waals surface area contributed by atoms with Crippen molar-refractivity contribution in [3.63, 3.8) is 0 Å². The Kier molecular flexibility index (Phi) is 14.7. The Labute approximate surface area is 334 Å². The molecule has 282 valence electrons. The van der Waals surface area contributed by atoms with Crippen molar-refractivity contribution >= 4 is 49.3 Å². The van der Waals surface area contributed by atoms with E-state index in [0.29, 0.717) is 62.7 Å². The molecule has 0 spiro atoms. The molecule has 2 aliphatic rings. The van der Waals surface area contributed by atoms with Crippen LogP contribution in [0.4, 0.5) is 11.4 Å². The molecule has 0 bridgehead atoms. The predicted octanol–water partition coefficient (Wildman–Crippen LogP) is 3.35. The Balaban J connectivity index is 0.00000756. The van der Waals surface area contributed by atoms with Crippen molar-refractivity contribution in [2.75, 3.05) is 18.0 Å². The van der Waals surface area contributed by atoms with Gasteiger partial charge in [0, 0.05) is 60.3 Å². The van der Waals surface area contributed by atoms with E-state index in [2.05, 4.69) is 9.48 Å². The van der Waals surface area contributed by atoms with Gasteiger partial charge in [-0.1, -0.05) is 38.0 Å². The van der Waals surface area contributed by atoms with E-state index in [-0.39, 0.29) is 52.2 Å². The van der Waals surface area contributed by atoms with Gasteiger partial charge in [-0.25, -0.2) is 16.8 Å². The van der Waals surface area contributed by atoms with E-state index in [1.165, 1.54) is 24.3 Å². The number of allylic oxidation sites excluding steroid dienone is 6. The maximum absolute atomic E-state index is 11.9. The molecule has 2 aliphatic heterocycles. The molecule has 2 aromatic carbocycles. The standard InChI is InChI=1S/C38H48N2O10S2.Na/c1-26(14-20-33-37(2,3)29-24-27(51(45,46)47)16-18-31(29)39(33)22-10-6-8-12-35(41)42)15-21-34-38(4,5)30-25-28(52(48,49)50)17-19-32(30)40(34)23-11-7-9-13-36(43)44;/h14-21,24-25H,6-13,22-23H2,1-5H3,(H3-,41,42,43,44,45,46,47,48,49,50);/q;+1/p-1. The molecule has 0 aromatic heterocycles. The Morgan fingerprint density at radius 2 is 1.34 bits per heavy atom. The van der Waals surface area contributed by atoms with E-state index in [0.717, 1.165) is 28.4 Å². The maximum atomic E-state index is 11.9. The van der Waals surface area contributed by atoms with Crippen LogP contribution in [0.5, 0.6) is 0 Å². The maximum Gasteiger partial charge on any atom is 1.00 e. The van der Waals surface area contributed by atoms with Crippen LogP contribution in [-0.4, -0.2) is 71.5 Å².